The molecule has 0 bridgehead atoms. The van der Waals surface area contributed by atoms with Gasteiger partial charge in [-0.05, 0) is 172 Å². The van der Waals surface area contributed by atoms with E-state index in [1.807, 2.05) is 0 Å². The maximum atomic E-state index is 2.34. The molecule has 0 spiro atoms. The molecular weight excluding hydrogens is 897 g/mol. The molecule has 0 saturated carbocycles. The quantitative estimate of drug-likeness (QED) is 0.108. The van der Waals surface area contributed by atoms with Gasteiger partial charge in [0.2, 0.25) is 22.8 Å². The summed E-state index contributed by atoms with van der Waals surface area (Å²) in [5, 5.41) is 0. The lowest BCUT2D eigenvalue weighted by Gasteiger charge is -2.10. The van der Waals surface area contributed by atoms with E-state index in [2.05, 4.69) is 290 Å². The highest BCUT2D eigenvalue weighted by molar-refractivity contribution is 5.64. The first-order valence-corrected chi connectivity index (χ1v) is 27.6. The van der Waals surface area contributed by atoms with Crippen LogP contribution in [0.2, 0.25) is 0 Å². The summed E-state index contributed by atoms with van der Waals surface area (Å²) in [5.74, 6) is 1.30. The lowest BCUT2D eigenvalue weighted by Crippen LogP contribution is -2.31. The predicted molar refractivity (Wildman–Crippen MR) is 315 cm³/mol. The second kappa shape index (κ2) is 27.7. The van der Waals surface area contributed by atoms with Crippen LogP contribution in [0.4, 0.5) is 0 Å². The van der Waals surface area contributed by atoms with Crippen molar-refractivity contribution in [2.24, 2.45) is 34.1 Å². The molecule has 0 amide bonds. The Morgan fingerprint density at radius 1 is 0.324 bits per heavy atom. The van der Waals surface area contributed by atoms with Crippen LogP contribution >= 0.6 is 0 Å². The van der Waals surface area contributed by atoms with Gasteiger partial charge in [-0.25, -0.2) is 18.3 Å². The second-order valence-electron chi connectivity index (χ2n) is 21.3. The fourth-order valence-electron chi connectivity index (χ4n) is 9.89. The molecule has 4 aromatic heterocycles. The molecule has 0 fully saturated rings. The van der Waals surface area contributed by atoms with Crippen LogP contribution in [-0.2, 0) is 66.7 Å². The molecule has 8 aromatic rings. The molecule has 0 radical (unpaired) electrons. The van der Waals surface area contributed by atoms with Gasteiger partial charge in [0.15, 0.2) is 24.8 Å². The Hall–Kier alpha value is -6.52. The van der Waals surface area contributed by atoms with E-state index in [0.29, 0.717) is 11.8 Å². The van der Waals surface area contributed by atoms with Crippen LogP contribution in [0.3, 0.4) is 0 Å². The van der Waals surface area contributed by atoms with E-state index >= 15 is 0 Å². The van der Waals surface area contributed by atoms with E-state index in [4.69, 9.17) is 0 Å². The molecule has 8 rings (SSSR count). The van der Waals surface area contributed by atoms with Gasteiger partial charge in [0.25, 0.3) is 0 Å². The monoisotopic (exact) mass is 989 g/mol. The number of aryl methyl sites for hydroxylation is 14. The first-order chi connectivity index (χ1) is 35.3. The Morgan fingerprint density at radius 2 is 0.622 bits per heavy atom. The minimum Gasteiger partial charge on any atom is -0.201 e. The third-order valence-corrected chi connectivity index (χ3v) is 14.4. The summed E-state index contributed by atoms with van der Waals surface area (Å²) < 4.78 is 8.92. The first kappa shape index (κ1) is 58.4. The predicted octanol–water partition coefficient (Wildman–Crippen LogP) is 15.4. The second-order valence-corrected chi connectivity index (χ2v) is 21.3. The normalized spacial score (nSPS) is 10.9. The molecule has 388 valence electrons. The van der Waals surface area contributed by atoms with E-state index in [0.717, 1.165) is 38.5 Å². The van der Waals surface area contributed by atoms with Gasteiger partial charge < -0.3 is 0 Å². The molecule has 4 heteroatoms. The number of aromatic nitrogens is 4. The third kappa shape index (κ3) is 15.7. The van der Waals surface area contributed by atoms with Crippen molar-refractivity contribution >= 4 is 0 Å². The fourth-order valence-corrected chi connectivity index (χ4v) is 9.89. The third-order valence-electron chi connectivity index (χ3n) is 14.4. The molecule has 4 heterocycles. The molecule has 4 aromatic carbocycles. The zero-order valence-electron chi connectivity index (χ0n) is 49.0. The molecule has 0 aliphatic rings. The largest absolute Gasteiger partial charge is 0.212 e. The van der Waals surface area contributed by atoms with Crippen LogP contribution in [0.25, 0.3) is 45.0 Å². The van der Waals surface area contributed by atoms with E-state index in [9.17, 15) is 0 Å². The van der Waals surface area contributed by atoms with Gasteiger partial charge in [0, 0.05) is 68.8 Å². The highest BCUT2D eigenvalue weighted by atomic mass is 14.9. The molecular formula is C70H92N4+4. The van der Waals surface area contributed by atoms with Crippen molar-refractivity contribution in [3.05, 3.63) is 213 Å². The molecule has 74 heavy (non-hydrogen) atoms. The Labute approximate surface area is 449 Å². The summed E-state index contributed by atoms with van der Waals surface area (Å²) in [6, 6.07) is 44.9. The van der Waals surface area contributed by atoms with Crippen LogP contribution in [0.1, 0.15) is 135 Å². The molecule has 0 saturated heterocycles. The zero-order chi connectivity index (χ0) is 54.2. The SMILES string of the molecule is CCc1ccc(-c2ccc(C(C)C)cc2C)[n+](C)c1.CCc1ccc(-c2ccc(C)cc2C)[n+](C)c1.CCc1ccc(-c2ccc(CC(C)C)cc2C)[n+](C)c1.CCc1ccc(-c2ccc(CC)c[n+]2C)c(C)c1. The van der Waals surface area contributed by atoms with Gasteiger partial charge in [-0.15, -0.1) is 0 Å². The van der Waals surface area contributed by atoms with Gasteiger partial charge in [0.05, 0.1) is 0 Å². The van der Waals surface area contributed by atoms with Crippen LogP contribution in [0.15, 0.2) is 146 Å². The summed E-state index contributed by atoms with van der Waals surface area (Å²) >= 11 is 0. The maximum Gasteiger partial charge on any atom is 0.212 e. The molecule has 0 aliphatic carbocycles. The number of hydrogen-bond donors (Lipinski definition) is 0. The topological polar surface area (TPSA) is 15.5 Å². The highest BCUT2D eigenvalue weighted by Gasteiger charge is 2.17. The lowest BCUT2D eigenvalue weighted by atomic mass is 9.96. The maximum absolute atomic E-state index is 2.34. The van der Waals surface area contributed by atoms with Gasteiger partial charge in [-0.2, -0.15) is 0 Å². The first-order valence-electron chi connectivity index (χ1n) is 27.6. The smallest absolute Gasteiger partial charge is 0.201 e. The zero-order valence-corrected chi connectivity index (χ0v) is 49.0. The number of rotatable bonds is 12. The molecule has 4 nitrogen and oxygen atoms in total. The summed E-state index contributed by atoms with van der Waals surface area (Å²) in [7, 11) is 8.51. The number of benzene rings is 4. The summed E-state index contributed by atoms with van der Waals surface area (Å²) in [5.41, 5.74) is 26.9. The van der Waals surface area contributed by atoms with Crippen LogP contribution in [0.5, 0.6) is 0 Å². The molecule has 0 unspecified atom stereocenters. The Morgan fingerprint density at radius 3 is 0.919 bits per heavy atom. The van der Waals surface area contributed by atoms with E-state index in [1.54, 1.807) is 0 Å². The lowest BCUT2D eigenvalue weighted by molar-refractivity contribution is -0.660. The number of nitrogens with zero attached hydrogens (tertiary/aromatic N) is 4. The summed E-state index contributed by atoms with van der Waals surface area (Å²) in [6.45, 7) is 30.9. The van der Waals surface area contributed by atoms with Crippen molar-refractivity contribution in [1.29, 1.82) is 0 Å². The van der Waals surface area contributed by atoms with Gasteiger partial charge in [-0.1, -0.05) is 116 Å². The van der Waals surface area contributed by atoms with Crippen molar-refractivity contribution in [3.8, 4) is 45.0 Å². The van der Waals surface area contributed by atoms with Crippen LogP contribution in [0, 0.1) is 40.5 Å². The Bertz CT molecular complexity index is 3060. The summed E-state index contributed by atoms with van der Waals surface area (Å²) in [4.78, 5) is 0. The van der Waals surface area contributed by atoms with Gasteiger partial charge in [0.1, 0.15) is 28.2 Å². The number of pyridine rings is 4. The van der Waals surface area contributed by atoms with E-state index in [-0.39, 0.29) is 0 Å². The molecule has 0 aliphatic heterocycles. The highest BCUT2D eigenvalue weighted by Crippen LogP contribution is 2.27. The summed E-state index contributed by atoms with van der Waals surface area (Å²) in [6.07, 6.45) is 15.5. The van der Waals surface area contributed by atoms with Crippen molar-refractivity contribution in [2.45, 2.75) is 141 Å². The van der Waals surface area contributed by atoms with Crippen LogP contribution in [-0.4, -0.2) is 0 Å². The number of hydrogen-bond acceptors (Lipinski definition) is 0. The van der Waals surface area contributed by atoms with Gasteiger partial charge >= 0.3 is 0 Å². The van der Waals surface area contributed by atoms with Gasteiger partial charge in [-0.3, -0.25) is 0 Å². The average molecular weight is 990 g/mol. The minimum absolute atomic E-state index is 0.587. The fraction of sp³-hybridized carbons (Fsp3) is 0.371. The van der Waals surface area contributed by atoms with E-state index < -0.39 is 0 Å². The Kier molecular flexibility index (Phi) is 21.8. The minimum atomic E-state index is 0.587. The molecule has 0 N–H and O–H groups in total. The van der Waals surface area contributed by atoms with Crippen molar-refractivity contribution < 1.29 is 18.3 Å². The standard InChI is InChI=1S/C19H26N.C18H24N.C17H22N.C16H20N/c1-6-16-8-10-19(20(5)13-16)18-9-7-17(11-14(2)3)12-15(18)4;1-6-15-7-10-18(19(5)12-15)17-9-8-16(13(2)3)11-14(17)4;1-5-14-7-9-16(13(3)11-14)17-10-8-15(6-2)12-18(17)4;1-5-14-7-9-16(17(4)11-14)15-8-6-12(2)10-13(15)3/h7-10,12-14H,6,11H2,1-5H3;7-13H,6H2,1-5H3;7-12H,5-6H2,1-4H3;6-11H,5H2,1-4H3/q4*+1. The average Bonchev–Trinajstić information content (AvgIpc) is 3.37. The molecule has 0 atom stereocenters. The van der Waals surface area contributed by atoms with E-state index in [1.165, 1.54) is 112 Å². The van der Waals surface area contributed by atoms with Crippen molar-refractivity contribution in [1.82, 2.24) is 0 Å². The van der Waals surface area contributed by atoms with Crippen LogP contribution < -0.4 is 18.3 Å². The Balaban J connectivity index is 0.000000183. The van der Waals surface area contributed by atoms with Crippen molar-refractivity contribution in [3.63, 3.8) is 0 Å². The van der Waals surface area contributed by atoms with Crippen molar-refractivity contribution in [2.75, 3.05) is 0 Å².